The highest BCUT2D eigenvalue weighted by molar-refractivity contribution is 7.98. The van der Waals surface area contributed by atoms with E-state index in [4.69, 9.17) is 10.8 Å². The Labute approximate surface area is 369 Å². The third-order valence-corrected chi connectivity index (χ3v) is 10.8. The van der Waals surface area contributed by atoms with Crippen LogP contribution in [0.2, 0.25) is 0 Å². The standard InChI is InChI=1S/C39H64N8O15S/c1-7-20(4)31(37(59)43-24(14-16-63-6)34(56)45-26(39(61)62)18-30(52)53)46-35(57)25(17-19(2)3)44-33(55)22(10-12-28(48)49)41-32(54)23(11-13-29(50)51)42-36(58)27-9-8-15-47(27)38(60)21(5)40/h19-27,31H,7-18,40H2,1-6H3,(H,41,54)(H,42,58)(H,43,59)(H,44,55)(H,45,56)(H,46,57)(H,48,49)(H,50,51)(H,52,53)(H,61,62)/t20-,21-,22-,23-,24-,25-,26-,27-,31-/m0/s1. The van der Waals surface area contributed by atoms with E-state index in [2.05, 4.69) is 31.9 Å². The molecule has 0 unspecified atom stereocenters. The molecule has 1 aliphatic rings. The number of rotatable bonds is 29. The van der Waals surface area contributed by atoms with Gasteiger partial charge in [-0.25, -0.2) is 4.79 Å². The van der Waals surface area contributed by atoms with Crippen molar-refractivity contribution in [2.75, 3.05) is 18.6 Å². The summed E-state index contributed by atoms with van der Waals surface area (Å²) in [5.41, 5.74) is 5.73. The molecule has 0 saturated carbocycles. The Bertz CT molecular complexity index is 1660. The fourth-order valence-electron chi connectivity index (χ4n) is 6.52. The molecule has 0 radical (unpaired) electrons. The van der Waals surface area contributed by atoms with Crippen molar-refractivity contribution >= 4 is 77.0 Å². The van der Waals surface area contributed by atoms with Gasteiger partial charge in [0.2, 0.25) is 41.4 Å². The van der Waals surface area contributed by atoms with Gasteiger partial charge >= 0.3 is 23.9 Å². The summed E-state index contributed by atoms with van der Waals surface area (Å²) in [6, 6.07) is -11.0. The lowest BCUT2D eigenvalue weighted by molar-refractivity contribution is -0.147. The molecule has 356 valence electrons. The summed E-state index contributed by atoms with van der Waals surface area (Å²) < 4.78 is 0. The minimum absolute atomic E-state index is 0.00190. The van der Waals surface area contributed by atoms with E-state index >= 15 is 0 Å². The summed E-state index contributed by atoms with van der Waals surface area (Å²) >= 11 is 1.31. The van der Waals surface area contributed by atoms with Gasteiger partial charge < -0.3 is 63.0 Å². The zero-order chi connectivity index (χ0) is 48.1. The van der Waals surface area contributed by atoms with Gasteiger partial charge in [0.25, 0.3) is 0 Å². The average molecular weight is 917 g/mol. The van der Waals surface area contributed by atoms with Crippen molar-refractivity contribution in [3.63, 3.8) is 0 Å². The third-order valence-electron chi connectivity index (χ3n) is 10.2. The third kappa shape index (κ3) is 19.6. The van der Waals surface area contributed by atoms with E-state index in [-0.39, 0.29) is 31.7 Å². The lowest BCUT2D eigenvalue weighted by Gasteiger charge is -2.30. The molecule has 0 bridgehead atoms. The Kier molecular flexibility index (Phi) is 24.2. The smallest absolute Gasteiger partial charge is 0.326 e. The van der Waals surface area contributed by atoms with Crippen LogP contribution in [0.25, 0.3) is 0 Å². The van der Waals surface area contributed by atoms with Gasteiger partial charge in [0.15, 0.2) is 0 Å². The SMILES string of the molecule is CC[C@H](C)[C@H](NC(=O)[C@H](CC(C)C)NC(=O)[C@H](CCC(=O)O)NC(=O)[C@H](CCC(=O)O)NC(=O)[C@@H]1CCCN1C(=O)[C@H](C)N)C(=O)N[C@@H](CCSC)C(=O)N[C@@H](CC(=O)O)C(=O)O. The molecule has 9 atom stereocenters. The molecule has 23 nitrogen and oxygen atoms in total. The van der Waals surface area contributed by atoms with E-state index in [1.54, 1.807) is 34.0 Å². The molecule has 7 amide bonds. The van der Waals surface area contributed by atoms with Crippen molar-refractivity contribution in [3.05, 3.63) is 0 Å². The summed E-state index contributed by atoms with van der Waals surface area (Å²) in [6.45, 7) is 8.46. The quantitative estimate of drug-likeness (QED) is 0.0401. The fourth-order valence-corrected chi connectivity index (χ4v) is 6.99. The van der Waals surface area contributed by atoms with Gasteiger partial charge in [-0.3, -0.25) is 47.9 Å². The van der Waals surface area contributed by atoms with Crippen molar-refractivity contribution in [2.24, 2.45) is 17.6 Å². The van der Waals surface area contributed by atoms with E-state index in [1.165, 1.54) is 23.6 Å². The van der Waals surface area contributed by atoms with E-state index in [0.29, 0.717) is 18.6 Å². The normalized spacial score (nSPS) is 17.3. The molecule has 1 heterocycles. The van der Waals surface area contributed by atoms with Gasteiger partial charge in [0, 0.05) is 19.4 Å². The van der Waals surface area contributed by atoms with E-state index in [0.717, 1.165) is 0 Å². The van der Waals surface area contributed by atoms with Crippen LogP contribution in [0.4, 0.5) is 0 Å². The van der Waals surface area contributed by atoms with Crippen molar-refractivity contribution in [2.45, 2.75) is 147 Å². The summed E-state index contributed by atoms with van der Waals surface area (Å²) in [5, 5.41) is 52.0. The molecule has 63 heavy (non-hydrogen) atoms. The maximum Gasteiger partial charge on any atom is 0.326 e. The number of nitrogens with one attached hydrogen (secondary N) is 6. The lowest BCUT2D eigenvalue weighted by Crippen LogP contribution is -2.61. The molecule has 1 rings (SSSR count). The number of hydrogen-bond donors (Lipinski definition) is 11. The first-order valence-corrected chi connectivity index (χ1v) is 22.1. The maximum atomic E-state index is 14.0. The number of likely N-dealkylation sites (tertiary alicyclic amines) is 1. The van der Waals surface area contributed by atoms with Crippen molar-refractivity contribution in [1.82, 2.24) is 36.8 Å². The second-order valence-electron chi connectivity index (χ2n) is 15.9. The summed E-state index contributed by atoms with van der Waals surface area (Å²) in [5.74, 6) is -12.3. The van der Waals surface area contributed by atoms with Gasteiger partial charge in [-0.05, 0) is 69.3 Å². The number of nitrogens with zero attached hydrogens (tertiary/aromatic N) is 1. The highest BCUT2D eigenvalue weighted by Crippen LogP contribution is 2.19. The van der Waals surface area contributed by atoms with Crippen LogP contribution in [-0.4, -0.2) is 157 Å². The number of thioether (sulfide) groups is 1. The number of nitrogens with two attached hydrogens (primary N) is 1. The molecular formula is C39H64N8O15S. The van der Waals surface area contributed by atoms with E-state index < -0.39 is 152 Å². The molecular weight excluding hydrogens is 853 g/mol. The number of hydrogen-bond acceptors (Lipinski definition) is 13. The molecule has 0 aliphatic carbocycles. The summed E-state index contributed by atoms with van der Waals surface area (Å²) in [4.78, 5) is 142. The Morgan fingerprint density at radius 2 is 1.13 bits per heavy atom. The molecule has 1 saturated heterocycles. The van der Waals surface area contributed by atoms with Gasteiger partial charge in [-0.2, -0.15) is 11.8 Å². The number of amides is 7. The Balaban J connectivity index is 3.41. The summed E-state index contributed by atoms with van der Waals surface area (Å²) in [6.07, 6.45) is -0.430. The zero-order valence-electron chi connectivity index (χ0n) is 36.5. The number of carbonyl (C=O) groups is 11. The number of aliphatic carboxylic acids is 4. The number of carbonyl (C=O) groups excluding carboxylic acids is 7. The minimum Gasteiger partial charge on any atom is -0.481 e. The predicted octanol–water partition coefficient (Wildman–Crippen LogP) is -1.63. The molecule has 24 heteroatoms. The van der Waals surface area contributed by atoms with Crippen LogP contribution in [0, 0.1) is 11.8 Å². The van der Waals surface area contributed by atoms with Crippen molar-refractivity contribution in [1.29, 1.82) is 0 Å². The van der Waals surface area contributed by atoms with E-state index in [9.17, 15) is 68.1 Å². The van der Waals surface area contributed by atoms with Gasteiger partial charge in [0.05, 0.1) is 12.5 Å². The highest BCUT2D eigenvalue weighted by atomic mass is 32.2. The van der Waals surface area contributed by atoms with Crippen LogP contribution in [0.15, 0.2) is 0 Å². The Morgan fingerprint density at radius 1 is 0.651 bits per heavy atom. The first kappa shape index (κ1) is 55.5. The zero-order valence-corrected chi connectivity index (χ0v) is 37.3. The van der Waals surface area contributed by atoms with Crippen molar-refractivity contribution < 1.29 is 73.2 Å². The van der Waals surface area contributed by atoms with Crippen LogP contribution in [-0.2, 0) is 52.7 Å². The van der Waals surface area contributed by atoms with Crippen LogP contribution < -0.4 is 37.6 Å². The van der Waals surface area contributed by atoms with Gasteiger partial charge in [-0.1, -0.05) is 34.1 Å². The number of carboxylic acids is 4. The monoisotopic (exact) mass is 916 g/mol. The first-order chi connectivity index (χ1) is 29.4. The molecule has 0 spiro atoms. The van der Waals surface area contributed by atoms with Gasteiger partial charge in [0.1, 0.15) is 42.3 Å². The maximum absolute atomic E-state index is 14.0. The van der Waals surface area contributed by atoms with Crippen LogP contribution >= 0.6 is 11.8 Å². The summed E-state index contributed by atoms with van der Waals surface area (Å²) in [7, 11) is 0. The first-order valence-electron chi connectivity index (χ1n) is 20.7. The van der Waals surface area contributed by atoms with Gasteiger partial charge in [-0.15, -0.1) is 0 Å². The molecule has 0 aromatic rings. The van der Waals surface area contributed by atoms with Crippen LogP contribution in [0.3, 0.4) is 0 Å². The highest BCUT2D eigenvalue weighted by Gasteiger charge is 2.39. The Hall–Kier alpha value is -5.52. The van der Waals surface area contributed by atoms with Crippen molar-refractivity contribution in [3.8, 4) is 0 Å². The number of carboxylic acid groups (broad SMARTS) is 4. The molecule has 1 fully saturated rings. The Morgan fingerprint density at radius 3 is 1.59 bits per heavy atom. The second-order valence-corrected chi connectivity index (χ2v) is 16.9. The van der Waals surface area contributed by atoms with Crippen LogP contribution in [0.1, 0.15) is 98.8 Å². The minimum atomic E-state index is -1.80. The fraction of sp³-hybridized carbons (Fsp3) is 0.718. The molecule has 12 N–H and O–H groups in total. The second kappa shape index (κ2) is 27.5. The molecule has 0 aromatic carbocycles. The predicted molar refractivity (Wildman–Crippen MR) is 226 cm³/mol. The molecule has 0 aromatic heterocycles. The lowest BCUT2D eigenvalue weighted by atomic mass is 9.96. The average Bonchev–Trinajstić information content (AvgIpc) is 3.69. The van der Waals surface area contributed by atoms with Crippen LogP contribution in [0.5, 0.6) is 0 Å². The topological polar surface area (TPSA) is 370 Å². The largest absolute Gasteiger partial charge is 0.481 e. The molecule has 1 aliphatic heterocycles. The van der Waals surface area contributed by atoms with E-state index in [1.807, 2.05) is 0 Å².